The molecule has 1 aromatic carbocycles. The second kappa shape index (κ2) is 3.66. The Hall–Kier alpha value is -0.220. The molecule has 0 aliphatic rings. The fourth-order valence-electron chi connectivity index (χ4n) is 0.743. The number of halogens is 5. The van der Waals surface area contributed by atoms with Crippen molar-refractivity contribution in [2.75, 3.05) is 0 Å². The summed E-state index contributed by atoms with van der Waals surface area (Å²) in [5.41, 5.74) is -0.758. The van der Waals surface area contributed by atoms with E-state index >= 15 is 0 Å². The van der Waals surface area contributed by atoms with Crippen LogP contribution in [-0.4, -0.2) is 0 Å². The Balaban J connectivity index is 3.33. The van der Waals surface area contributed by atoms with E-state index in [4.69, 9.17) is 11.6 Å². The van der Waals surface area contributed by atoms with Gasteiger partial charge in [-0.2, -0.15) is 0 Å². The van der Waals surface area contributed by atoms with Crippen LogP contribution >= 0.6 is 27.5 Å². The average molecular weight is 259 g/mol. The summed E-state index contributed by atoms with van der Waals surface area (Å²) in [5, 5.41) is -0.273. The van der Waals surface area contributed by atoms with Crippen molar-refractivity contribution in [1.82, 2.24) is 0 Å². The van der Waals surface area contributed by atoms with Crippen LogP contribution in [0.3, 0.4) is 0 Å². The molecule has 0 saturated carbocycles. The molecule has 0 unspecified atom stereocenters. The summed E-state index contributed by atoms with van der Waals surface area (Å²) in [7, 11) is 0. The van der Waals surface area contributed by atoms with Crippen LogP contribution in [0.5, 0.6) is 0 Å². The number of hydrogen-bond donors (Lipinski definition) is 0. The largest absolute Gasteiger partial charge is 0.268 e. The van der Waals surface area contributed by atoms with Gasteiger partial charge in [-0.1, -0.05) is 11.6 Å². The molecule has 0 aliphatic heterocycles. The molecule has 0 atom stereocenters. The Labute approximate surface area is 80.5 Å². The minimum absolute atomic E-state index is 0.265. The second-order valence-electron chi connectivity index (χ2n) is 2.06. The molecule has 1 rings (SSSR count). The molecule has 5 heteroatoms. The molecule has 66 valence electrons. The number of alkyl halides is 2. The summed E-state index contributed by atoms with van der Waals surface area (Å²) in [6.45, 7) is 0. The van der Waals surface area contributed by atoms with Gasteiger partial charge in [0, 0.05) is 4.47 Å². The van der Waals surface area contributed by atoms with Crippen LogP contribution in [0.25, 0.3) is 0 Å². The predicted octanol–water partition coefficient (Wildman–Crippen LogP) is 4.18. The van der Waals surface area contributed by atoms with Gasteiger partial charge in [0.15, 0.2) is 0 Å². The zero-order valence-electron chi connectivity index (χ0n) is 5.62. The van der Waals surface area contributed by atoms with Crippen molar-refractivity contribution in [3.05, 3.63) is 33.0 Å². The minimum atomic E-state index is -2.89. The smallest absolute Gasteiger partial charge is 0.206 e. The first-order valence-electron chi connectivity index (χ1n) is 2.95. The van der Waals surface area contributed by atoms with Crippen LogP contribution in [0, 0.1) is 5.82 Å². The van der Waals surface area contributed by atoms with Gasteiger partial charge in [0.25, 0.3) is 6.43 Å². The van der Waals surface area contributed by atoms with Crippen LogP contribution < -0.4 is 0 Å². The molecule has 0 aliphatic carbocycles. The Morgan fingerprint density at radius 2 is 1.92 bits per heavy atom. The van der Waals surface area contributed by atoms with Crippen molar-refractivity contribution in [3.8, 4) is 0 Å². The van der Waals surface area contributed by atoms with Gasteiger partial charge in [-0.05, 0) is 28.1 Å². The van der Waals surface area contributed by atoms with Crippen molar-refractivity contribution in [1.29, 1.82) is 0 Å². The van der Waals surface area contributed by atoms with Gasteiger partial charge >= 0.3 is 0 Å². The molecular formula is C7H3BrClF3. The molecule has 0 radical (unpaired) electrons. The van der Waals surface area contributed by atoms with E-state index in [-0.39, 0.29) is 9.50 Å². The lowest BCUT2D eigenvalue weighted by molar-refractivity contribution is 0.146. The van der Waals surface area contributed by atoms with Crippen LogP contribution in [0.1, 0.15) is 12.0 Å². The van der Waals surface area contributed by atoms with Crippen LogP contribution in [-0.2, 0) is 0 Å². The van der Waals surface area contributed by atoms with E-state index in [1.807, 2.05) is 0 Å². The lowest BCUT2D eigenvalue weighted by Crippen LogP contribution is -1.92. The van der Waals surface area contributed by atoms with E-state index in [1.165, 1.54) is 6.07 Å². The fourth-order valence-corrected chi connectivity index (χ4v) is 1.32. The van der Waals surface area contributed by atoms with Gasteiger partial charge in [0.05, 0.1) is 10.6 Å². The van der Waals surface area contributed by atoms with Crippen LogP contribution in [0.4, 0.5) is 13.2 Å². The summed E-state index contributed by atoms with van der Waals surface area (Å²) in [6, 6.07) is 2.22. The van der Waals surface area contributed by atoms with E-state index < -0.39 is 17.8 Å². The van der Waals surface area contributed by atoms with E-state index in [0.717, 1.165) is 6.07 Å². The average Bonchev–Trinajstić information content (AvgIpc) is 1.97. The maximum atomic E-state index is 12.7. The Bertz CT molecular complexity index is 301. The highest BCUT2D eigenvalue weighted by molar-refractivity contribution is 9.10. The molecule has 1 aromatic rings. The SMILES string of the molecule is Fc1ccc(Br)c(Cl)c1C(F)F. The summed E-state index contributed by atoms with van der Waals surface area (Å²) in [5.74, 6) is -0.988. The normalized spacial score (nSPS) is 10.8. The van der Waals surface area contributed by atoms with Gasteiger partial charge in [-0.25, -0.2) is 13.2 Å². The van der Waals surface area contributed by atoms with E-state index in [0.29, 0.717) is 0 Å². The van der Waals surface area contributed by atoms with Crippen molar-refractivity contribution in [2.45, 2.75) is 6.43 Å². The van der Waals surface area contributed by atoms with Crippen molar-refractivity contribution >= 4 is 27.5 Å². The molecule has 0 aromatic heterocycles. The Morgan fingerprint density at radius 1 is 1.33 bits per heavy atom. The van der Waals surface area contributed by atoms with E-state index in [1.54, 1.807) is 0 Å². The van der Waals surface area contributed by atoms with Crippen molar-refractivity contribution in [2.24, 2.45) is 0 Å². The molecule has 0 nitrogen and oxygen atoms in total. The zero-order chi connectivity index (χ0) is 9.30. The first-order valence-corrected chi connectivity index (χ1v) is 4.12. The monoisotopic (exact) mass is 258 g/mol. The van der Waals surface area contributed by atoms with Gasteiger partial charge in [0.1, 0.15) is 5.82 Å². The maximum Gasteiger partial charge on any atom is 0.268 e. The third-order valence-electron chi connectivity index (χ3n) is 1.30. The summed E-state index contributed by atoms with van der Waals surface area (Å²) >= 11 is 8.34. The third-order valence-corrected chi connectivity index (χ3v) is 2.59. The lowest BCUT2D eigenvalue weighted by atomic mass is 10.2. The first-order chi connectivity index (χ1) is 5.54. The molecular weight excluding hydrogens is 256 g/mol. The third kappa shape index (κ3) is 1.75. The molecule has 0 amide bonds. The van der Waals surface area contributed by atoms with Gasteiger partial charge in [-0.3, -0.25) is 0 Å². The van der Waals surface area contributed by atoms with Crippen LogP contribution in [0.15, 0.2) is 16.6 Å². The van der Waals surface area contributed by atoms with Crippen LogP contribution in [0.2, 0.25) is 5.02 Å². The fraction of sp³-hybridized carbons (Fsp3) is 0.143. The highest BCUT2D eigenvalue weighted by Gasteiger charge is 2.18. The molecule has 0 fully saturated rings. The summed E-state index contributed by atoms with van der Waals surface area (Å²) in [6.07, 6.45) is -2.89. The number of hydrogen-bond acceptors (Lipinski definition) is 0. The zero-order valence-corrected chi connectivity index (χ0v) is 7.96. The van der Waals surface area contributed by atoms with Crippen molar-refractivity contribution < 1.29 is 13.2 Å². The molecule has 0 saturated heterocycles. The number of rotatable bonds is 1. The topological polar surface area (TPSA) is 0 Å². The van der Waals surface area contributed by atoms with Gasteiger partial charge < -0.3 is 0 Å². The standard InChI is InChI=1S/C7H3BrClF3/c8-3-1-2-4(10)5(6(3)9)7(11)12/h1-2,7H. The molecule has 12 heavy (non-hydrogen) atoms. The predicted molar refractivity (Wildman–Crippen MR) is 44.1 cm³/mol. The molecule has 0 N–H and O–H groups in total. The highest BCUT2D eigenvalue weighted by Crippen LogP contribution is 2.34. The first kappa shape index (κ1) is 9.86. The second-order valence-corrected chi connectivity index (χ2v) is 3.29. The van der Waals surface area contributed by atoms with E-state index in [9.17, 15) is 13.2 Å². The molecule has 0 spiro atoms. The number of benzene rings is 1. The van der Waals surface area contributed by atoms with Gasteiger partial charge in [0.2, 0.25) is 0 Å². The molecule has 0 bridgehead atoms. The van der Waals surface area contributed by atoms with Crippen molar-refractivity contribution in [3.63, 3.8) is 0 Å². The quantitative estimate of drug-likeness (QED) is 0.664. The summed E-state index contributed by atoms with van der Waals surface area (Å²) in [4.78, 5) is 0. The molecule has 0 heterocycles. The van der Waals surface area contributed by atoms with Gasteiger partial charge in [-0.15, -0.1) is 0 Å². The Kier molecular flexibility index (Phi) is 3.01. The highest BCUT2D eigenvalue weighted by atomic mass is 79.9. The lowest BCUT2D eigenvalue weighted by Gasteiger charge is -2.05. The summed E-state index contributed by atoms with van der Waals surface area (Å²) < 4.78 is 37.2. The van der Waals surface area contributed by atoms with E-state index in [2.05, 4.69) is 15.9 Å². The Morgan fingerprint density at radius 3 is 2.33 bits per heavy atom. The minimum Gasteiger partial charge on any atom is -0.206 e. The maximum absolute atomic E-state index is 12.7.